The van der Waals surface area contributed by atoms with E-state index >= 15 is 0 Å². The molecule has 16 heavy (non-hydrogen) atoms. The van der Waals surface area contributed by atoms with Crippen LogP contribution in [0.25, 0.3) is 0 Å². The molecule has 1 amide bonds. The zero-order valence-corrected chi connectivity index (χ0v) is 11.1. The highest BCUT2D eigenvalue weighted by atomic mass is 32.1. The molecule has 0 fully saturated rings. The van der Waals surface area contributed by atoms with E-state index in [1.54, 1.807) is 4.90 Å². The van der Waals surface area contributed by atoms with E-state index in [1.165, 1.54) is 11.3 Å². The number of rotatable bonds is 4. The number of nitrogens with two attached hydrogens (primary N) is 1. The molecule has 0 radical (unpaired) electrons. The zero-order chi connectivity index (χ0) is 12.3. The van der Waals surface area contributed by atoms with Gasteiger partial charge in [-0.2, -0.15) is 0 Å². The number of nitrogens with zero attached hydrogens (tertiary/aromatic N) is 2. The third-order valence-corrected chi connectivity index (χ3v) is 3.37. The number of hydrogen-bond donors (Lipinski definition) is 1. The summed E-state index contributed by atoms with van der Waals surface area (Å²) in [4.78, 5) is 18.5. The molecule has 1 heterocycles. The first-order chi connectivity index (χ1) is 7.41. The van der Waals surface area contributed by atoms with E-state index < -0.39 is 0 Å². The molecule has 1 aromatic heterocycles. The van der Waals surface area contributed by atoms with Gasteiger partial charge in [0.05, 0.1) is 5.69 Å². The van der Waals surface area contributed by atoms with Crippen molar-refractivity contribution < 1.29 is 4.79 Å². The summed E-state index contributed by atoms with van der Waals surface area (Å²) < 4.78 is 0. The normalized spacial score (nSPS) is 10.8. The van der Waals surface area contributed by atoms with E-state index in [-0.39, 0.29) is 5.91 Å². The van der Waals surface area contributed by atoms with Gasteiger partial charge in [0.25, 0.3) is 5.91 Å². The van der Waals surface area contributed by atoms with Crippen LogP contribution in [-0.4, -0.2) is 29.4 Å². The smallest absolute Gasteiger partial charge is 0.265 e. The fourth-order valence-electron chi connectivity index (χ4n) is 1.34. The third-order valence-electron chi connectivity index (χ3n) is 2.40. The lowest BCUT2D eigenvalue weighted by molar-refractivity contribution is 0.0793. The van der Waals surface area contributed by atoms with Gasteiger partial charge in [0.1, 0.15) is 4.88 Å². The van der Waals surface area contributed by atoms with Gasteiger partial charge in [-0.25, -0.2) is 4.98 Å². The predicted octanol–water partition coefficient (Wildman–Crippen LogP) is 2.15. The highest BCUT2D eigenvalue weighted by Crippen LogP contribution is 2.21. The van der Waals surface area contributed by atoms with E-state index in [2.05, 4.69) is 18.8 Å². The van der Waals surface area contributed by atoms with Gasteiger partial charge in [-0.15, -0.1) is 0 Å². The van der Waals surface area contributed by atoms with Gasteiger partial charge in [-0.05, 0) is 19.3 Å². The van der Waals surface area contributed by atoms with Crippen molar-refractivity contribution in [2.45, 2.75) is 27.2 Å². The predicted molar refractivity (Wildman–Crippen MR) is 67.7 cm³/mol. The van der Waals surface area contributed by atoms with Gasteiger partial charge in [-0.3, -0.25) is 4.79 Å². The lowest BCUT2D eigenvalue weighted by atomic mass is 10.1. The molecule has 0 bridgehead atoms. The molecule has 5 heteroatoms. The van der Waals surface area contributed by atoms with Crippen molar-refractivity contribution in [2.75, 3.05) is 19.3 Å². The van der Waals surface area contributed by atoms with Crippen molar-refractivity contribution in [1.29, 1.82) is 0 Å². The minimum absolute atomic E-state index is 0.0207. The lowest BCUT2D eigenvalue weighted by Gasteiger charge is -2.17. The van der Waals surface area contributed by atoms with Crippen molar-refractivity contribution in [2.24, 2.45) is 5.92 Å². The first-order valence-corrected chi connectivity index (χ1v) is 6.21. The van der Waals surface area contributed by atoms with Crippen LogP contribution in [0.3, 0.4) is 0 Å². The average Bonchev–Trinajstić information content (AvgIpc) is 2.53. The lowest BCUT2D eigenvalue weighted by Crippen LogP contribution is -2.28. The van der Waals surface area contributed by atoms with Gasteiger partial charge in [0.15, 0.2) is 5.13 Å². The first-order valence-electron chi connectivity index (χ1n) is 5.40. The molecular weight excluding hydrogens is 222 g/mol. The van der Waals surface area contributed by atoms with E-state index in [1.807, 2.05) is 14.0 Å². The first kappa shape index (κ1) is 13.0. The molecule has 1 rings (SSSR count). The summed E-state index contributed by atoms with van der Waals surface area (Å²) in [6, 6.07) is 0. The van der Waals surface area contributed by atoms with Crippen LogP contribution in [0.5, 0.6) is 0 Å². The molecule has 0 unspecified atom stereocenters. The number of carbonyl (C=O) groups is 1. The second-order valence-electron chi connectivity index (χ2n) is 4.38. The van der Waals surface area contributed by atoms with Crippen LogP contribution < -0.4 is 5.73 Å². The second-order valence-corrected chi connectivity index (χ2v) is 5.41. The van der Waals surface area contributed by atoms with Gasteiger partial charge in [0.2, 0.25) is 0 Å². The number of carbonyl (C=O) groups excluding carboxylic acids is 1. The summed E-state index contributed by atoms with van der Waals surface area (Å²) in [5.41, 5.74) is 6.30. The van der Waals surface area contributed by atoms with E-state index in [9.17, 15) is 4.79 Å². The van der Waals surface area contributed by atoms with Crippen molar-refractivity contribution in [3.8, 4) is 0 Å². The summed E-state index contributed by atoms with van der Waals surface area (Å²) in [6.07, 6.45) is 1.01. The van der Waals surface area contributed by atoms with Crippen molar-refractivity contribution in [1.82, 2.24) is 9.88 Å². The molecule has 0 saturated heterocycles. The minimum atomic E-state index is 0.0207. The second kappa shape index (κ2) is 5.30. The number of thiazole rings is 1. The number of hydrogen-bond acceptors (Lipinski definition) is 4. The van der Waals surface area contributed by atoms with Gasteiger partial charge >= 0.3 is 0 Å². The maximum atomic E-state index is 12.0. The molecular formula is C11H19N3OS. The Hall–Kier alpha value is -1.10. The van der Waals surface area contributed by atoms with Crippen LogP contribution in [0.1, 0.15) is 35.6 Å². The molecule has 0 spiro atoms. The molecule has 4 nitrogen and oxygen atoms in total. The Labute approximate surface area is 100 Å². The summed E-state index contributed by atoms with van der Waals surface area (Å²) in [5, 5.41) is 0.457. The Kier molecular flexibility index (Phi) is 4.29. The molecule has 90 valence electrons. The summed E-state index contributed by atoms with van der Waals surface area (Å²) >= 11 is 1.26. The van der Waals surface area contributed by atoms with Crippen LogP contribution >= 0.6 is 11.3 Å². The zero-order valence-electron chi connectivity index (χ0n) is 10.3. The maximum absolute atomic E-state index is 12.0. The van der Waals surface area contributed by atoms with Crippen molar-refractivity contribution in [3.05, 3.63) is 10.6 Å². The van der Waals surface area contributed by atoms with E-state index in [4.69, 9.17) is 5.73 Å². The average molecular weight is 241 g/mol. The standard InChI is InChI=1S/C11H19N3OS/c1-7(2)5-6-14(4)10(15)9-8(3)13-11(12)16-9/h7H,5-6H2,1-4H3,(H2,12,13). The van der Waals surface area contributed by atoms with Crippen LogP contribution in [-0.2, 0) is 0 Å². The molecule has 0 atom stereocenters. The molecule has 0 aliphatic heterocycles. The maximum Gasteiger partial charge on any atom is 0.265 e. The van der Waals surface area contributed by atoms with Crippen LogP contribution in [0.15, 0.2) is 0 Å². The monoisotopic (exact) mass is 241 g/mol. The fraction of sp³-hybridized carbons (Fsp3) is 0.636. The minimum Gasteiger partial charge on any atom is -0.375 e. The quantitative estimate of drug-likeness (QED) is 0.878. The molecule has 0 aliphatic carbocycles. The molecule has 0 aromatic carbocycles. The van der Waals surface area contributed by atoms with Crippen LogP contribution in [0.2, 0.25) is 0 Å². The Morgan fingerprint density at radius 1 is 1.56 bits per heavy atom. The number of amides is 1. The van der Waals surface area contributed by atoms with Crippen LogP contribution in [0.4, 0.5) is 5.13 Å². The van der Waals surface area contributed by atoms with E-state index in [0.717, 1.165) is 18.7 Å². The number of aryl methyl sites for hydroxylation is 1. The SMILES string of the molecule is Cc1nc(N)sc1C(=O)N(C)CCC(C)C. The largest absolute Gasteiger partial charge is 0.375 e. The van der Waals surface area contributed by atoms with Crippen molar-refractivity contribution in [3.63, 3.8) is 0 Å². The van der Waals surface area contributed by atoms with E-state index in [0.29, 0.717) is 15.9 Å². The number of nitrogen functional groups attached to an aromatic ring is 1. The summed E-state index contributed by atoms with van der Waals surface area (Å²) in [6.45, 7) is 6.88. The number of aromatic nitrogens is 1. The Morgan fingerprint density at radius 3 is 2.62 bits per heavy atom. The van der Waals surface area contributed by atoms with Gasteiger partial charge < -0.3 is 10.6 Å². The fourth-order valence-corrected chi connectivity index (χ4v) is 2.17. The van der Waals surface area contributed by atoms with Gasteiger partial charge in [0, 0.05) is 13.6 Å². The Balaban J connectivity index is 2.67. The molecule has 2 N–H and O–H groups in total. The highest BCUT2D eigenvalue weighted by Gasteiger charge is 2.18. The highest BCUT2D eigenvalue weighted by molar-refractivity contribution is 7.17. The third kappa shape index (κ3) is 3.20. The summed E-state index contributed by atoms with van der Waals surface area (Å²) in [5.74, 6) is 0.621. The summed E-state index contributed by atoms with van der Waals surface area (Å²) in [7, 11) is 1.82. The van der Waals surface area contributed by atoms with Gasteiger partial charge in [-0.1, -0.05) is 25.2 Å². The topological polar surface area (TPSA) is 59.2 Å². The van der Waals surface area contributed by atoms with Crippen LogP contribution in [0, 0.1) is 12.8 Å². The van der Waals surface area contributed by atoms with Crippen molar-refractivity contribution >= 4 is 22.4 Å². The Morgan fingerprint density at radius 2 is 2.19 bits per heavy atom. The number of anilines is 1. The molecule has 0 saturated carbocycles. The Bertz CT molecular complexity index is 373. The molecule has 0 aliphatic rings. The molecule has 1 aromatic rings.